The summed E-state index contributed by atoms with van der Waals surface area (Å²) < 4.78 is 0. The van der Waals surface area contributed by atoms with Crippen molar-refractivity contribution in [3.05, 3.63) is 72.3 Å². The van der Waals surface area contributed by atoms with Crippen LogP contribution in [-0.4, -0.2) is 16.8 Å². The fourth-order valence-electron chi connectivity index (χ4n) is 1.59. The first-order valence-electron chi connectivity index (χ1n) is 6.28. The molecule has 1 amide bonds. The van der Waals surface area contributed by atoms with Gasteiger partial charge in [-0.25, -0.2) is 0 Å². The van der Waals surface area contributed by atoms with Crippen LogP contribution in [0.15, 0.2) is 66.7 Å². The van der Waals surface area contributed by atoms with Crippen molar-refractivity contribution in [1.29, 1.82) is 0 Å². The van der Waals surface area contributed by atoms with Crippen LogP contribution in [0.4, 0.5) is 5.69 Å². The second kappa shape index (κ2) is 6.91. The molecule has 0 fully saturated rings. The number of hydrazine groups is 1. The quantitative estimate of drug-likeness (QED) is 0.340. The van der Waals surface area contributed by atoms with E-state index in [0.29, 0.717) is 11.3 Å². The van der Waals surface area contributed by atoms with Gasteiger partial charge in [0, 0.05) is 11.6 Å². The molecule has 2 aromatic carbocycles. The summed E-state index contributed by atoms with van der Waals surface area (Å²) >= 11 is 0. The second-order valence-corrected chi connectivity index (χ2v) is 4.21. The number of ketones is 1. The first-order valence-corrected chi connectivity index (χ1v) is 6.28. The van der Waals surface area contributed by atoms with Crippen LogP contribution < -0.4 is 10.9 Å². The molecule has 5 nitrogen and oxygen atoms in total. The van der Waals surface area contributed by atoms with E-state index in [0.717, 1.165) is 6.08 Å². The Morgan fingerprint density at radius 1 is 0.905 bits per heavy atom. The molecule has 21 heavy (non-hydrogen) atoms. The number of amides is 1. The molecule has 0 aromatic heterocycles. The minimum Gasteiger partial charge on any atom is -0.507 e. The lowest BCUT2D eigenvalue weighted by Crippen LogP contribution is -2.34. The van der Waals surface area contributed by atoms with Gasteiger partial charge in [0.05, 0.1) is 5.69 Å². The number of anilines is 1. The lowest BCUT2D eigenvalue weighted by Gasteiger charge is -2.06. The van der Waals surface area contributed by atoms with Crippen LogP contribution >= 0.6 is 0 Å². The van der Waals surface area contributed by atoms with Gasteiger partial charge in [-0.1, -0.05) is 48.5 Å². The Bertz CT molecular complexity index is 652. The lowest BCUT2D eigenvalue weighted by atomic mass is 10.1. The minimum absolute atomic E-state index is 0.254. The molecule has 0 atom stereocenters. The lowest BCUT2D eigenvalue weighted by molar-refractivity contribution is -0.134. The number of rotatable bonds is 5. The summed E-state index contributed by atoms with van der Waals surface area (Å²) in [5, 5.41) is 9.76. The van der Waals surface area contributed by atoms with Crippen molar-refractivity contribution in [3.8, 4) is 0 Å². The zero-order valence-electron chi connectivity index (χ0n) is 11.1. The zero-order valence-corrected chi connectivity index (χ0v) is 11.1. The predicted octanol–water partition coefficient (Wildman–Crippen LogP) is 2.30. The highest BCUT2D eigenvalue weighted by Gasteiger charge is 2.12. The Morgan fingerprint density at radius 3 is 2.10 bits per heavy atom. The molecular weight excluding hydrogens is 268 g/mol. The van der Waals surface area contributed by atoms with E-state index in [1.807, 2.05) is 6.07 Å². The van der Waals surface area contributed by atoms with Crippen molar-refractivity contribution in [2.45, 2.75) is 0 Å². The Hall–Kier alpha value is -3.08. The maximum Gasteiger partial charge on any atom is 0.310 e. The summed E-state index contributed by atoms with van der Waals surface area (Å²) in [6, 6.07) is 17.4. The Labute approximate surface area is 121 Å². The predicted molar refractivity (Wildman–Crippen MR) is 80.3 cm³/mol. The van der Waals surface area contributed by atoms with E-state index < -0.39 is 11.7 Å². The van der Waals surface area contributed by atoms with Crippen LogP contribution in [0.3, 0.4) is 0 Å². The highest BCUT2D eigenvalue weighted by atomic mass is 16.3. The summed E-state index contributed by atoms with van der Waals surface area (Å²) in [6.07, 6.45) is 0.886. The number of hydrogen-bond donors (Lipinski definition) is 3. The van der Waals surface area contributed by atoms with Crippen LogP contribution in [0.1, 0.15) is 5.56 Å². The van der Waals surface area contributed by atoms with Crippen LogP contribution in [0.25, 0.3) is 5.76 Å². The highest BCUT2D eigenvalue weighted by Crippen LogP contribution is 2.10. The summed E-state index contributed by atoms with van der Waals surface area (Å²) in [6.45, 7) is 0. The second-order valence-electron chi connectivity index (χ2n) is 4.21. The fourth-order valence-corrected chi connectivity index (χ4v) is 1.59. The largest absolute Gasteiger partial charge is 0.507 e. The van der Waals surface area contributed by atoms with E-state index >= 15 is 0 Å². The number of aliphatic hydroxyl groups excluding tert-OH is 1. The molecule has 2 rings (SSSR count). The van der Waals surface area contributed by atoms with Gasteiger partial charge in [0.25, 0.3) is 0 Å². The number of hydrogen-bond acceptors (Lipinski definition) is 4. The molecule has 0 aliphatic rings. The monoisotopic (exact) mass is 282 g/mol. The SMILES string of the molecule is O=C(/C=C(\O)c1ccccc1)C(=O)NNc1ccccc1. The standard InChI is InChI=1S/C16H14N2O3/c19-14(12-7-3-1-4-8-12)11-15(20)16(21)18-17-13-9-5-2-6-10-13/h1-11,17,19H,(H,18,21)/b14-11-. The van der Waals surface area contributed by atoms with Crippen molar-refractivity contribution in [3.63, 3.8) is 0 Å². The topological polar surface area (TPSA) is 78.4 Å². The fraction of sp³-hybridized carbons (Fsp3) is 0. The van der Waals surface area contributed by atoms with Crippen molar-refractivity contribution in [2.24, 2.45) is 0 Å². The van der Waals surface area contributed by atoms with Crippen LogP contribution in [-0.2, 0) is 9.59 Å². The molecule has 106 valence electrons. The number of carbonyl (C=O) groups is 2. The third-order valence-corrected chi connectivity index (χ3v) is 2.66. The van der Waals surface area contributed by atoms with Gasteiger partial charge in [-0.05, 0) is 12.1 Å². The van der Waals surface area contributed by atoms with Gasteiger partial charge in [0.2, 0.25) is 5.78 Å². The Morgan fingerprint density at radius 2 is 1.48 bits per heavy atom. The molecule has 0 saturated carbocycles. The van der Waals surface area contributed by atoms with Crippen LogP contribution in [0, 0.1) is 0 Å². The summed E-state index contributed by atoms with van der Waals surface area (Å²) in [5.74, 6) is -1.96. The van der Waals surface area contributed by atoms with Gasteiger partial charge in [-0.15, -0.1) is 0 Å². The van der Waals surface area contributed by atoms with Gasteiger partial charge in [0.15, 0.2) is 0 Å². The molecule has 0 radical (unpaired) electrons. The van der Waals surface area contributed by atoms with Gasteiger partial charge < -0.3 is 5.11 Å². The smallest absolute Gasteiger partial charge is 0.310 e. The summed E-state index contributed by atoms with van der Waals surface area (Å²) in [7, 11) is 0. The molecule has 0 aliphatic heterocycles. The van der Waals surface area contributed by atoms with E-state index in [1.165, 1.54) is 0 Å². The zero-order chi connectivity index (χ0) is 15.1. The number of nitrogens with one attached hydrogen (secondary N) is 2. The normalized spacial score (nSPS) is 10.8. The van der Waals surface area contributed by atoms with E-state index in [1.54, 1.807) is 54.6 Å². The number of carbonyl (C=O) groups excluding carboxylic acids is 2. The molecule has 2 aromatic rings. The molecule has 0 heterocycles. The molecule has 0 spiro atoms. The van der Waals surface area contributed by atoms with E-state index in [-0.39, 0.29) is 5.76 Å². The first kappa shape index (κ1) is 14.3. The third-order valence-electron chi connectivity index (χ3n) is 2.66. The first-order chi connectivity index (χ1) is 10.2. The minimum atomic E-state index is -0.860. The average Bonchev–Trinajstić information content (AvgIpc) is 2.54. The van der Waals surface area contributed by atoms with Gasteiger partial charge in [-0.2, -0.15) is 0 Å². The molecule has 3 N–H and O–H groups in total. The van der Waals surface area contributed by atoms with Crippen molar-refractivity contribution in [1.82, 2.24) is 5.43 Å². The average molecular weight is 282 g/mol. The maximum absolute atomic E-state index is 11.7. The number of benzene rings is 2. The highest BCUT2D eigenvalue weighted by molar-refractivity contribution is 6.41. The molecule has 5 heteroatoms. The van der Waals surface area contributed by atoms with Gasteiger partial charge in [0.1, 0.15) is 5.76 Å². The molecule has 0 bridgehead atoms. The molecule has 0 aliphatic carbocycles. The molecule has 0 unspecified atom stereocenters. The van der Waals surface area contributed by atoms with Gasteiger partial charge in [-0.3, -0.25) is 20.4 Å². The van der Waals surface area contributed by atoms with E-state index in [9.17, 15) is 14.7 Å². The Balaban J connectivity index is 1.95. The summed E-state index contributed by atoms with van der Waals surface area (Å²) in [4.78, 5) is 23.3. The van der Waals surface area contributed by atoms with E-state index in [2.05, 4.69) is 10.9 Å². The van der Waals surface area contributed by atoms with Crippen LogP contribution in [0.2, 0.25) is 0 Å². The maximum atomic E-state index is 11.7. The molecule has 0 saturated heterocycles. The summed E-state index contributed by atoms with van der Waals surface area (Å²) in [5.41, 5.74) is 5.98. The van der Waals surface area contributed by atoms with E-state index in [4.69, 9.17) is 0 Å². The number of aliphatic hydroxyl groups is 1. The third kappa shape index (κ3) is 4.21. The molecular formula is C16H14N2O3. The van der Waals surface area contributed by atoms with Crippen molar-refractivity contribution in [2.75, 3.05) is 5.43 Å². The van der Waals surface area contributed by atoms with Gasteiger partial charge >= 0.3 is 5.91 Å². The van der Waals surface area contributed by atoms with Crippen LogP contribution in [0.5, 0.6) is 0 Å². The van der Waals surface area contributed by atoms with Crippen molar-refractivity contribution < 1.29 is 14.7 Å². The van der Waals surface area contributed by atoms with Crippen molar-refractivity contribution >= 4 is 23.1 Å². The number of para-hydroxylation sites is 1. The Kier molecular flexibility index (Phi) is 4.71.